The molecule has 38 heavy (non-hydrogen) atoms. The second kappa shape index (κ2) is 10.9. The molecule has 9 heteroatoms. The number of carbonyl (C=O) groups is 2. The van der Waals surface area contributed by atoms with E-state index in [9.17, 15) is 14.4 Å². The highest BCUT2D eigenvalue weighted by atomic mass is 35.5. The Hall–Kier alpha value is -3.78. The molecule has 1 fully saturated rings. The average Bonchev–Trinajstić information content (AvgIpc) is 3.24. The molecular weight excluding hydrogens is 504 g/mol. The highest BCUT2D eigenvalue weighted by Crippen LogP contribution is 2.32. The number of benzene rings is 2. The molecule has 2 unspecified atom stereocenters. The summed E-state index contributed by atoms with van der Waals surface area (Å²) in [5.74, 6) is 0.0450. The lowest BCUT2D eigenvalue weighted by molar-refractivity contribution is -0.118. The number of ether oxygens (including phenoxy) is 1. The number of urea groups is 1. The highest BCUT2D eigenvalue weighted by Gasteiger charge is 2.43. The number of halogens is 1. The topological polar surface area (TPSA) is 92.7 Å². The first-order chi connectivity index (χ1) is 18.4. The quantitative estimate of drug-likeness (QED) is 0.502. The average molecular weight is 535 g/mol. The van der Waals surface area contributed by atoms with Crippen LogP contribution in [0.1, 0.15) is 36.0 Å². The molecule has 2 heterocycles. The summed E-state index contributed by atoms with van der Waals surface area (Å²) in [5, 5.41) is 6.70. The van der Waals surface area contributed by atoms with Gasteiger partial charge in [0, 0.05) is 36.3 Å². The predicted octanol–water partition coefficient (Wildman–Crippen LogP) is 3.89. The van der Waals surface area contributed by atoms with E-state index in [0.717, 1.165) is 18.4 Å². The Morgan fingerprint density at radius 3 is 2.61 bits per heavy atom. The number of hydrogen-bond acceptors (Lipinski definition) is 4. The van der Waals surface area contributed by atoms with Crippen molar-refractivity contribution in [1.82, 2.24) is 15.2 Å². The molecule has 3 atom stereocenters. The molecule has 2 aliphatic rings. The molecule has 1 saturated heterocycles. The maximum atomic E-state index is 13.7. The molecule has 0 bridgehead atoms. The largest absolute Gasteiger partial charge is 0.497 e. The van der Waals surface area contributed by atoms with Gasteiger partial charge in [-0.2, -0.15) is 0 Å². The van der Waals surface area contributed by atoms with Crippen molar-refractivity contribution in [1.29, 1.82) is 0 Å². The Labute approximate surface area is 226 Å². The van der Waals surface area contributed by atoms with E-state index in [-0.39, 0.29) is 30.0 Å². The monoisotopic (exact) mass is 534 g/mol. The van der Waals surface area contributed by atoms with Crippen LogP contribution in [0.2, 0.25) is 5.02 Å². The van der Waals surface area contributed by atoms with E-state index in [1.807, 2.05) is 49.4 Å². The maximum Gasteiger partial charge on any atom is 0.315 e. The van der Waals surface area contributed by atoms with Gasteiger partial charge < -0.3 is 24.8 Å². The molecule has 1 aliphatic heterocycles. The Morgan fingerprint density at radius 1 is 1.08 bits per heavy atom. The lowest BCUT2D eigenvalue weighted by Crippen LogP contribution is -2.51. The molecule has 0 saturated carbocycles. The Bertz CT molecular complexity index is 1400. The summed E-state index contributed by atoms with van der Waals surface area (Å²) in [6.07, 6.45) is 4.01. The number of hydrogen-bond donors (Lipinski definition) is 2. The van der Waals surface area contributed by atoms with Crippen molar-refractivity contribution in [2.24, 2.45) is 0 Å². The third kappa shape index (κ3) is 5.13. The third-order valence-corrected chi connectivity index (χ3v) is 7.74. The van der Waals surface area contributed by atoms with Crippen LogP contribution in [0, 0.1) is 0 Å². The number of anilines is 1. The van der Waals surface area contributed by atoms with Gasteiger partial charge in [0.1, 0.15) is 17.5 Å². The summed E-state index contributed by atoms with van der Waals surface area (Å²) in [6, 6.07) is 15.4. The predicted molar refractivity (Wildman–Crippen MR) is 147 cm³/mol. The van der Waals surface area contributed by atoms with Crippen LogP contribution in [0.3, 0.4) is 0 Å². The van der Waals surface area contributed by atoms with Crippen LogP contribution in [-0.2, 0) is 24.2 Å². The van der Waals surface area contributed by atoms with Gasteiger partial charge in [0.2, 0.25) is 0 Å². The van der Waals surface area contributed by atoms with Crippen LogP contribution in [0.25, 0.3) is 0 Å². The number of aromatic nitrogens is 1. The standard InChI is InChI=1S/C29H31ClN4O4/c1-3-33-14-4-5-25(27(33)35)34-17-24(18-8-12-23(38-2)13-9-18)26(28(34)36)32-29(37)31-22-11-7-19-15-21(30)10-6-20(19)16-22/h4-6,8-10,12-15,22,24,26H,3,7,11,16-17H2,1-2H3,(H2,31,32,37)/t22?,24-,26?/m0/s1. The van der Waals surface area contributed by atoms with E-state index in [4.69, 9.17) is 16.3 Å². The second-order valence-corrected chi connectivity index (χ2v) is 10.2. The summed E-state index contributed by atoms with van der Waals surface area (Å²) >= 11 is 6.13. The number of fused-ring (bicyclic) bond motifs is 1. The van der Waals surface area contributed by atoms with Crippen LogP contribution in [-0.4, -0.2) is 42.2 Å². The van der Waals surface area contributed by atoms with E-state index >= 15 is 0 Å². The van der Waals surface area contributed by atoms with Gasteiger partial charge in [-0.15, -0.1) is 0 Å². The fourth-order valence-corrected chi connectivity index (χ4v) is 5.65. The zero-order valence-electron chi connectivity index (χ0n) is 21.4. The van der Waals surface area contributed by atoms with E-state index in [2.05, 4.69) is 10.6 Å². The van der Waals surface area contributed by atoms with Crippen molar-refractivity contribution >= 4 is 29.2 Å². The number of pyridine rings is 1. The fraction of sp³-hybridized carbons (Fsp3) is 0.345. The zero-order valence-corrected chi connectivity index (χ0v) is 22.2. The molecule has 8 nitrogen and oxygen atoms in total. The molecule has 198 valence electrons. The van der Waals surface area contributed by atoms with E-state index in [1.165, 1.54) is 16.0 Å². The molecule has 2 N–H and O–H groups in total. The van der Waals surface area contributed by atoms with Gasteiger partial charge in [-0.25, -0.2) is 4.79 Å². The van der Waals surface area contributed by atoms with Gasteiger partial charge >= 0.3 is 6.03 Å². The number of aryl methyl sites for hydroxylation is 2. The molecule has 3 amide bonds. The SMILES string of the molecule is CCn1cccc(N2C[C@@H](c3ccc(OC)cc3)C(NC(=O)NC3CCc4cc(Cl)ccc4C3)C2=O)c1=O. The van der Waals surface area contributed by atoms with Crippen LogP contribution < -0.4 is 25.8 Å². The smallest absolute Gasteiger partial charge is 0.315 e. The highest BCUT2D eigenvalue weighted by molar-refractivity contribution is 6.30. The van der Waals surface area contributed by atoms with E-state index in [1.54, 1.807) is 30.0 Å². The molecule has 0 spiro atoms. The molecule has 1 aliphatic carbocycles. The van der Waals surface area contributed by atoms with Gasteiger partial charge in [-0.1, -0.05) is 29.8 Å². The van der Waals surface area contributed by atoms with Gasteiger partial charge in [-0.3, -0.25) is 9.59 Å². The molecule has 3 aromatic rings. The minimum atomic E-state index is -0.826. The molecule has 5 rings (SSSR count). The summed E-state index contributed by atoms with van der Waals surface area (Å²) in [5.41, 5.74) is 3.33. The Balaban J connectivity index is 1.37. The number of nitrogens with one attached hydrogen (secondary N) is 2. The normalized spacial score (nSPS) is 20.7. The van der Waals surface area contributed by atoms with Crippen molar-refractivity contribution in [2.75, 3.05) is 18.6 Å². The van der Waals surface area contributed by atoms with Crippen molar-refractivity contribution in [3.8, 4) is 5.75 Å². The van der Waals surface area contributed by atoms with Gasteiger partial charge in [0.25, 0.3) is 11.5 Å². The lowest BCUT2D eigenvalue weighted by atomic mass is 9.88. The second-order valence-electron chi connectivity index (χ2n) is 9.76. The van der Waals surface area contributed by atoms with Crippen LogP contribution in [0.5, 0.6) is 5.75 Å². The van der Waals surface area contributed by atoms with Crippen molar-refractivity contribution < 1.29 is 14.3 Å². The number of rotatable bonds is 6. The number of nitrogens with zero attached hydrogens (tertiary/aromatic N) is 2. The zero-order chi connectivity index (χ0) is 26.8. The van der Waals surface area contributed by atoms with Crippen molar-refractivity contribution in [3.05, 3.63) is 92.9 Å². The Morgan fingerprint density at radius 2 is 1.87 bits per heavy atom. The minimum Gasteiger partial charge on any atom is -0.497 e. The summed E-state index contributed by atoms with van der Waals surface area (Å²) in [4.78, 5) is 41.4. The molecule has 0 radical (unpaired) electrons. The van der Waals surface area contributed by atoms with E-state index < -0.39 is 12.1 Å². The number of amides is 3. The fourth-order valence-electron chi connectivity index (χ4n) is 5.45. The van der Waals surface area contributed by atoms with Gasteiger partial charge in [-0.05, 0) is 79.3 Å². The van der Waals surface area contributed by atoms with Crippen molar-refractivity contribution in [3.63, 3.8) is 0 Å². The summed E-state index contributed by atoms with van der Waals surface area (Å²) in [6.45, 7) is 2.65. The van der Waals surface area contributed by atoms with Gasteiger partial charge in [0.05, 0.1) is 7.11 Å². The van der Waals surface area contributed by atoms with E-state index in [0.29, 0.717) is 29.4 Å². The summed E-state index contributed by atoms with van der Waals surface area (Å²) in [7, 11) is 1.59. The van der Waals surface area contributed by atoms with Gasteiger partial charge in [0.15, 0.2) is 0 Å². The first-order valence-electron chi connectivity index (χ1n) is 12.9. The van der Waals surface area contributed by atoms with Crippen LogP contribution in [0.15, 0.2) is 65.6 Å². The lowest BCUT2D eigenvalue weighted by Gasteiger charge is -2.27. The molecule has 2 aromatic carbocycles. The third-order valence-electron chi connectivity index (χ3n) is 7.51. The minimum absolute atomic E-state index is 0.0541. The summed E-state index contributed by atoms with van der Waals surface area (Å²) < 4.78 is 6.85. The van der Waals surface area contributed by atoms with Crippen LogP contribution >= 0.6 is 11.6 Å². The van der Waals surface area contributed by atoms with Crippen molar-refractivity contribution in [2.45, 2.75) is 50.7 Å². The first kappa shape index (κ1) is 25.9. The number of carbonyl (C=O) groups excluding carboxylic acids is 2. The maximum absolute atomic E-state index is 13.7. The number of methoxy groups -OCH3 is 1. The molecule has 1 aromatic heterocycles. The van der Waals surface area contributed by atoms with Crippen LogP contribution in [0.4, 0.5) is 10.5 Å². The first-order valence-corrected chi connectivity index (χ1v) is 13.2. The Kier molecular flexibility index (Phi) is 7.42. The molecular formula is C29H31ClN4O4.